The van der Waals surface area contributed by atoms with Crippen LogP contribution in [-0.4, -0.2) is 26.7 Å². The molecule has 2 unspecified atom stereocenters. The molecule has 2 atom stereocenters. The van der Waals surface area contributed by atoms with Crippen LogP contribution >= 0.6 is 11.3 Å². The molecule has 2 aromatic heterocycles. The van der Waals surface area contributed by atoms with Crippen LogP contribution in [0, 0.1) is 5.92 Å². The Bertz CT molecular complexity index is 923. The van der Waals surface area contributed by atoms with Gasteiger partial charge in [0.2, 0.25) is 5.95 Å². The van der Waals surface area contributed by atoms with Gasteiger partial charge in [0, 0.05) is 17.9 Å². The molecule has 166 valence electrons. The van der Waals surface area contributed by atoms with Gasteiger partial charge in [-0.3, -0.25) is 9.69 Å². The second-order valence-corrected chi connectivity index (χ2v) is 11.2. The third-order valence-corrected chi connectivity index (χ3v) is 9.49. The van der Waals surface area contributed by atoms with E-state index >= 15 is 0 Å². The topological polar surface area (TPSA) is 51.0 Å². The zero-order chi connectivity index (χ0) is 20.8. The lowest BCUT2D eigenvalue weighted by molar-refractivity contribution is 0.0310. The molecule has 0 radical (unpaired) electrons. The van der Waals surface area contributed by atoms with Gasteiger partial charge in [-0.1, -0.05) is 57.4 Å². The normalized spacial score (nSPS) is 28.3. The Morgan fingerprint density at radius 2 is 1.71 bits per heavy atom. The number of thiophene rings is 1. The summed E-state index contributed by atoms with van der Waals surface area (Å²) in [6.07, 6.45) is 17.4. The van der Waals surface area contributed by atoms with Crippen molar-refractivity contribution < 1.29 is 4.79 Å². The Hall–Kier alpha value is -1.69. The first-order chi connectivity index (χ1) is 15.3. The molecular weight excluding hydrogens is 404 g/mol. The standard InChI is InChI=1S/C25H34N4OS/c30-23(21-14-9-17-31-21)28-20-13-6-5-12-19(20)25(15-7-2-8-16-25)29-24(28)26-22(27-29)18-10-3-1-4-11-18/h9,14,17-20H,1-8,10-13,15-16H2. The Morgan fingerprint density at radius 3 is 2.48 bits per heavy atom. The number of carbonyl (C=O) groups is 1. The van der Waals surface area contributed by atoms with Gasteiger partial charge in [0.15, 0.2) is 5.82 Å². The van der Waals surface area contributed by atoms with Crippen molar-refractivity contribution in [2.24, 2.45) is 5.92 Å². The van der Waals surface area contributed by atoms with Crippen LogP contribution in [-0.2, 0) is 5.54 Å². The van der Waals surface area contributed by atoms with Crippen LogP contribution in [0.3, 0.4) is 0 Å². The van der Waals surface area contributed by atoms with Crippen molar-refractivity contribution in [3.05, 3.63) is 28.2 Å². The molecule has 3 aliphatic carbocycles. The first-order valence-corrected chi connectivity index (χ1v) is 13.5. The van der Waals surface area contributed by atoms with E-state index in [-0.39, 0.29) is 17.5 Å². The summed E-state index contributed by atoms with van der Waals surface area (Å²) < 4.78 is 2.30. The van der Waals surface area contributed by atoms with E-state index in [0.29, 0.717) is 11.8 Å². The molecule has 3 fully saturated rings. The number of fused-ring (bicyclic) bond motifs is 4. The van der Waals surface area contributed by atoms with Crippen molar-refractivity contribution in [1.29, 1.82) is 0 Å². The highest BCUT2D eigenvalue weighted by Crippen LogP contribution is 2.53. The van der Waals surface area contributed by atoms with Gasteiger partial charge in [-0.2, -0.15) is 10.1 Å². The van der Waals surface area contributed by atoms with E-state index in [2.05, 4.69) is 9.58 Å². The molecule has 5 nitrogen and oxygen atoms in total. The first kappa shape index (κ1) is 20.0. The molecular formula is C25H34N4OS. The number of hydrogen-bond donors (Lipinski definition) is 0. The molecule has 6 heteroatoms. The highest BCUT2D eigenvalue weighted by Gasteiger charge is 2.55. The molecule has 3 heterocycles. The lowest BCUT2D eigenvalue weighted by atomic mass is 9.64. The average Bonchev–Trinajstić information content (AvgIpc) is 3.52. The quantitative estimate of drug-likeness (QED) is 0.555. The maximum absolute atomic E-state index is 13.8. The van der Waals surface area contributed by atoms with Crippen LogP contribution in [0.4, 0.5) is 5.95 Å². The van der Waals surface area contributed by atoms with Crippen molar-refractivity contribution in [2.45, 2.75) is 107 Å². The lowest BCUT2D eigenvalue weighted by Gasteiger charge is -2.55. The highest BCUT2D eigenvalue weighted by molar-refractivity contribution is 7.12. The van der Waals surface area contributed by atoms with Crippen molar-refractivity contribution >= 4 is 23.2 Å². The monoisotopic (exact) mass is 438 g/mol. The van der Waals surface area contributed by atoms with Crippen LogP contribution in [0.2, 0.25) is 0 Å². The van der Waals surface area contributed by atoms with Crippen molar-refractivity contribution in [3.63, 3.8) is 0 Å². The van der Waals surface area contributed by atoms with Gasteiger partial charge in [0.25, 0.3) is 5.91 Å². The van der Waals surface area contributed by atoms with Crippen molar-refractivity contribution in [1.82, 2.24) is 14.8 Å². The molecule has 0 aromatic carbocycles. The van der Waals surface area contributed by atoms with Crippen LogP contribution in [0.25, 0.3) is 0 Å². The SMILES string of the molecule is O=C(c1cccs1)N1c2nc(C3CCCCC3)nn2C2(CCCCC2)C2CCCCC21. The second kappa shape index (κ2) is 8.02. The van der Waals surface area contributed by atoms with Gasteiger partial charge in [0.05, 0.1) is 10.4 Å². The number of rotatable bonds is 2. The van der Waals surface area contributed by atoms with Crippen LogP contribution in [0.15, 0.2) is 17.5 Å². The number of aromatic nitrogens is 3. The van der Waals surface area contributed by atoms with E-state index in [1.807, 2.05) is 17.5 Å². The Balaban J connectivity index is 1.50. The van der Waals surface area contributed by atoms with Crippen LogP contribution < -0.4 is 4.90 Å². The number of carbonyl (C=O) groups excluding carboxylic acids is 1. The zero-order valence-corrected chi connectivity index (χ0v) is 19.3. The number of hydrogen-bond acceptors (Lipinski definition) is 4. The van der Waals surface area contributed by atoms with E-state index in [0.717, 1.165) is 23.1 Å². The van der Waals surface area contributed by atoms with Crippen LogP contribution in [0.5, 0.6) is 0 Å². The summed E-state index contributed by atoms with van der Waals surface area (Å²) >= 11 is 1.55. The molecule has 1 spiro atoms. The second-order valence-electron chi connectivity index (χ2n) is 10.3. The molecule has 31 heavy (non-hydrogen) atoms. The fraction of sp³-hybridized carbons (Fsp3) is 0.720. The van der Waals surface area contributed by atoms with Gasteiger partial charge in [0.1, 0.15) is 0 Å². The van der Waals surface area contributed by atoms with Gasteiger partial charge in [-0.05, 0) is 50.0 Å². The zero-order valence-electron chi connectivity index (χ0n) is 18.5. The van der Waals surface area contributed by atoms with Crippen molar-refractivity contribution in [3.8, 4) is 0 Å². The number of nitrogens with zero attached hydrogens (tertiary/aromatic N) is 4. The maximum Gasteiger partial charge on any atom is 0.270 e. The van der Waals surface area contributed by atoms with E-state index in [9.17, 15) is 4.79 Å². The summed E-state index contributed by atoms with van der Waals surface area (Å²) in [5.74, 6) is 3.00. The Labute approximate surface area is 189 Å². The van der Waals surface area contributed by atoms with E-state index in [4.69, 9.17) is 10.1 Å². The first-order valence-electron chi connectivity index (χ1n) is 12.6. The molecule has 0 N–H and O–H groups in total. The van der Waals surface area contributed by atoms with Gasteiger partial charge >= 0.3 is 0 Å². The van der Waals surface area contributed by atoms with Crippen LogP contribution in [0.1, 0.15) is 111 Å². The minimum Gasteiger partial charge on any atom is -0.273 e. The average molecular weight is 439 g/mol. The fourth-order valence-corrected chi connectivity index (χ4v) is 7.83. The number of anilines is 1. The third kappa shape index (κ3) is 3.20. The van der Waals surface area contributed by atoms with Gasteiger partial charge in [-0.15, -0.1) is 11.3 Å². The Kier molecular flexibility index (Phi) is 5.16. The fourth-order valence-electron chi connectivity index (χ4n) is 7.17. The minimum absolute atomic E-state index is 0.0742. The summed E-state index contributed by atoms with van der Waals surface area (Å²) in [5, 5.41) is 7.28. The molecule has 2 aromatic rings. The molecule has 1 amide bonds. The predicted octanol–water partition coefficient (Wildman–Crippen LogP) is 6.27. The molecule has 3 saturated carbocycles. The Morgan fingerprint density at radius 1 is 0.968 bits per heavy atom. The van der Waals surface area contributed by atoms with E-state index in [1.165, 1.54) is 83.5 Å². The minimum atomic E-state index is 0.0742. The molecule has 4 aliphatic rings. The highest BCUT2D eigenvalue weighted by atomic mass is 32.1. The van der Waals surface area contributed by atoms with E-state index < -0.39 is 0 Å². The lowest BCUT2D eigenvalue weighted by Crippen LogP contribution is -2.61. The van der Waals surface area contributed by atoms with Crippen molar-refractivity contribution in [2.75, 3.05) is 4.90 Å². The van der Waals surface area contributed by atoms with Gasteiger partial charge < -0.3 is 0 Å². The molecule has 1 aliphatic heterocycles. The maximum atomic E-state index is 13.8. The third-order valence-electron chi connectivity index (χ3n) is 8.64. The summed E-state index contributed by atoms with van der Waals surface area (Å²) in [6.45, 7) is 0. The summed E-state index contributed by atoms with van der Waals surface area (Å²) in [6, 6.07) is 4.23. The summed E-state index contributed by atoms with van der Waals surface area (Å²) in [4.78, 5) is 21.9. The van der Waals surface area contributed by atoms with E-state index in [1.54, 1.807) is 11.3 Å². The van der Waals surface area contributed by atoms with Gasteiger partial charge in [-0.25, -0.2) is 4.68 Å². The smallest absolute Gasteiger partial charge is 0.270 e. The molecule has 6 rings (SSSR count). The summed E-state index contributed by atoms with van der Waals surface area (Å²) in [7, 11) is 0. The predicted molar refractivity (Wildman–Crippen MR) is 124 cm³/mol. The summed E-state index contributed by atoms with van der Waals surface area (Å²) in [5.41, 5.74) is 0.0742. The molecule has 0 bridgehead atoms. The number of amides is 1. The molecule has 0 saturated heterocycles. The largest absolute Gasteiger partial charge is 0.273 e.